The molecule has 2 aromatic rings. The van der Waals surface area contributed by atoms with E-state index in [0.717, 1.165) is 22.1 Å². The number of halogens is 1. The Labute approximate surface area is 163 Å². The van der Waals surface area contributed by atoms with Gasteiger partial charge in [0.2, 0.25) is 0 Å². The maximum Gasteiger partial charge on any atom is 0.123 e. The molecule has 4 rings (SSSR count). The second kappa shape index (κ2) is 8.30. The first-order valence-electron chi connectivity index (χ1n) is 9.45. The Hall–Kier alpha value is -0.750. The number of thiazole rings is 1. The Bertz CT molecular complexity index is 671. The summed E-state index contributed by atoms with van der Waals surface area (Å²) in [5, 5.41) is 3.36. The summed E-state index contributed by atoms with van der Waals surface area (Å²) in [6.07, 6.45) is 7.15. The van der Waals surface area contributed by atoms with E-state index < -0.39 is 0 Å². The van der Waals surface area contributed by atoms with E-state index in [0.29, 0.717) is 0 Å². The van der Waals surface area contributed by atoms with Crippen LogP contribution in [0.1, 0.15) is 37.8 Å². The molecule has 2 heterocycles. The van der Waals surface area contributed by atoms with E-state index in [4.69, 9.17) is 4.98 Å². The first-order chi connectivity index (χ1) is 12.3. The van der Waals surface area contributed by atoms with Crippen LogP contribution in [0, 0.1) is 0 Å². The van der Waals surface area contributed by atoms with Crippen LogP contribution in [0.2, 0.25) is 0 Å². The standard InChI is InChI=1S/C20H26BrN3S/c21-17-8-6-16(7-9-17)20-22-18(15-25-20)14-23-10-12-24(13-11-23)19-4-2-1-3-5-19/h6-9,15,19H,1-5,10-14H2. The van der Waals surface area contributed by atoms with Crippen molar-refractivity contribution in [3.8, 4) is 10.6 Å². The summed E-state index contributed by atoms with van der Waals surface area (Å²) in [5.74, 6) is 0. The number of nitrogens with zero attached hydrogens (tertiary/aromatic N) is 3. The van der Waals surface area contributed by atoms with Gasteiger partial charge in [-0.15, -0.1) is 11.3 Å². The highest BCUT2D eigenvalue weighted by Crippen LogP contribution is 2.27. The lowest BCUT2D eigenvalue weighted by atomic mass is 9.94. The zero-order valence-electron chi connectivity index (χ0n) is 14.7. The third kappa shape index (κ3) is 4.51. The summed E-state index contributed by atoms with van der Waals surface area (Å²) >= 11 is 5.25. The van der Waals surface area contributed by atoms with Gasteiger partial charge in [0, 0.05) is 54.2 Å². The minimum absolute atomic E-state index is 0.860. The van der Waals surface area contributed by atoms with Crippen LogP contribution in [0.3, 0.4) is 0 Å². The summed E-state index contributed by atoms with van der Waals surface area (Å²) < 4.78 is 1.11. The van der Waals surface area contributed by atoms with Gasteiger partial charge in [-0.1, -0.05) is 47.3 Å². The molecule has 0 unspecified atom stereocenters. The first-order valence-corrected chi connectivity index (χ1v) is 11.1. The number of benzene rings is 1. The van der Waals surface area contributed by atoms with Crippen molar-refractivity contribution in [1.82, 2.24) is 14.8 Å². The SMILES string of the molecule is Brc1ccc(-c2nc(CN3CCN(C4CCCCC4)CC3)cs2)cc1. The van der Waals surface area contributed by atoms with Gasteiger partial charge in [-0.25, -0.2) is 4.98 Å². The lowest BCUT2D eigenvalue weighted by Crippen LogP contribution is -2.50. The topological polar surface area (TPSA) is 19.4 Å². The lowest BCUT2D eigenvalue weighted by molar-refractivity contribution is 0.0750. The summed E-state index contributed by atoms with van der Waals surface area (Å²) in [4.78, 5) is 10.2. The van der Waals surface area contributed by atoms with Crippen molar-refractivity contribution in [2.75, 3.05) is 26.2 Å². The van der Waals surface area contributed by atoms with Crippen LogP contribution in [0.5, 0.6) is 0 Å². The van der Waals surface area contributed by atoms with E-state index in [2.05, 4.69) is 55.4 Å². The van der Waals surface area contributed by atoms with Gasteiger partial charge >= 0.3 is 0 Å². The molecule has 1 aliphatic heterocycles. The van der Waals surface area contributed by atoms with Gasteiger partial charge in [0.05, 0.1) is 5.69 Å². The van der Waals surface area contributed by atoms with Crippen LogP contribution in [-0.4, -0.2) is 47.0 Å². The number of aromatic nitrogens is 1. The molecule has 0 N–H and O–H groups in total. The predicted molar refractivity (Wildman–Crippen MR) is 109 cm³/mol. The molecule has 1 aromatic heterocycles. The first kappa shape index (κ1) is 17.7. The molecule has 1 saturated heterocycles. The van der Waals surface area contributed by atoms with Crippen LogP contribution >= 0.6 is 27.3 Å². The van der Waals surface area contributed by atoms with Gasteiger partial charge in [-0.2, -0.15) is 0 Å². The molecule has 134 valence electrons. The van der Waals surface area contributed by atoms with E-state index in [1.807, 2.05) is 0 Å². The monoisotopic (exact) mass is 419 g/mol. The van der Waals surface area contributed by atoms with E-state index >= 15 is 0 Å². The van der Waals surface area contributed by atoms with Gasteiger partial charge in [-0.3, -0.25) is 9.80 Å². The van der Waals surface area contributed by atoms with Gasteiger partial charge in [0.15, 0.2) is 0 Å². The van der Waals surface area contributed by atoms with E-state index in [1.54, 1.807) is 11.3 Å². The Morgan fingerprint density at radius 3 is 2.44 bits per heavy atom. The molecule has 0 spiro atoms. The number of hydrogen-bond acceptors (Lipinski definition) is 4. The summed E-state index contributed by atoms with van der Waals surface area (Å²) in [6.45, 7) is 5.82. The lowest BCUT2D eigenvalue weighted by Gasteiger charge is -2.40. The highest BCUT2D eigenvalue weighted by molar-refractivity contribution is 9.10. The van der Waals surface area contributed by atoms with Gasteiger partial charge in [0.1, 0.15) is 5.01 Å². The van der Waals surface area contributed by atoms with E-state index in [-0.39, 0.29) is 0 Å². The maximum atomic E-state index is 4.86. The van der Waals surface area contributed by atoms with Crippen molar-refractivity contribution in [3.63, 3.8) is 0 Å². The minimum atomic E-state index is 0.860. The molecule has 2 fully saturated rings. The summed E-state index contributed by atoms with van der Waals surface area (Å²) in [5.41, 5.74) is 2.43. The average Bonchev–Trinajstić information content (AvgIpc) is 3.12. The highest BCUT2D eigenvalue weighted by atomic mass is 79.9. The second-order valence-electron chi connectivity index (χ2n) is 7.25. The molecule has 25 heavy (non-hydrogen) atoms. The van der Waals surface area contributed by atoms with Gasteiger partial charge < -0.3 is 0 Å². The third-order valence-corrected chi connectivity index (χ3v) is 7.00. The molecule has 0 atom stereocenters. The Kier molecular flexibility index (Phi) is 5.86. The van der Waals surface area contributed by atoms with Crippen LogP contribution in [0.15, 0.2) is 34.1 Å². The molecule has 0 amide bonds. The largest absolute Gasteiger partial charge is 0.298 e. The van der Waals surface area contributed by atoms with Gasteiger partial charge in [0.25, 0.3) is 0 Å². The molecule has 1 aliphatic carbocycles. The van der Waals surface area contributed by atoms with Crippen LogP contribution in [0.4, 0.5) is 0 Å². The van der Waals surface area contributed by atoms with Crippen LogP contribution in [-0.2, 0) is 6.54 Å². The normalized spacial score (nSPS) is 20.8. The van der Waals surface area contributed by atoms with Crippen molar-refractivity contribution < 1.29 is 0 Å². The van der Waals surface area contributed by atoms with E-state index in [1.165, 1.54) is 69.5 Å². The summed E-state index contributed by atoms with van der Waals surface area (Å²) in [7, 11) is 0. The molecular weight excluding hydrogens is 394 g/mol. The molecule has 0 radical (unpaired) electrons. The Morgan fingerprint density at radius 1 is 1.00 bits per heavy atom. The van der Waals surface area contributed by atoms with E-state index in [9.17, 15) is 0 Å². The van der Waals surface area contributed by atoms with Gasteiger partial charge in [-0.05, 0) is 25.0 Å². The Morgan fingerprint density at radius 2 is 1.72 bits per heavy atom. The zero-order valence-corrected chi connectivity index (χ0v) is 17.1. The fraction of sp³-hybridized carbons (Fsp3) is 0.550. The quantitative estimate of drug-likeness (QED) is 0.692. The predicted octanol–water partition coefficient (Wildman–Crippen LogP) is 5.02. The fourth-order valence-electron chi connectivity index (χ4n) is 4.07. The van der Waals surface area contributed by atoms with Crippen molar-refractivity contribution >= 4 is 27.3 Å². The molecule has 3 nitrogen and oxygen atoms in total. The number of piperazine rings is 1. The van der Waals surface area contributed by atoms with Crippen molar-refractivity contribution in [1.29, 1.82) is 0 Å². The number of hydrogen-bond donors (Lipinski definition) is 0. The third-order valence-electron chi connectivity index (χ3n) is 5.53. The smallest absolute Gasteiger partial charge is 0.123 e. The second-order valence-corrected chi connectivity index (χ2v) is 9.03. The molecule has 1 saturated carbocycles. The molecular formula is C20H26BrN3S. The summed E-state index contributed by atoms with van der Waals surface area (Å²) in [6, 6.07) is 9.30. The maximum absolute atomic E-state index is 4.86. The molecule has 1 aromatic carbocycles. The minimum Gasteiger partial charge on any atom is -0.298 e. The molecule has 5 heteroatoms. The fourth-order valence-corrected chi connectivity index (χ4v) is 5.15. The average molecular weight is 420 g/mol. The van der Waals surface area contributed by atoms with Crippen molar-refractivity contribution in [2.45, 2.75) is 44.7 Å². The van der Waals surface area contributed by atoms with Crippen molar-refractivity contribution in [2.24, 2.45) is 0 Å². The zero-order chi connectivity index (χ0) is 17.1. The highest BCUT2D eigenvalue weighted by Gasteiger charge is 2.25. The van der Waals surface area contributed by atoms with Crippen molar-refractivity contribution in [3.05, 3.63) is 39.8 Å². The molecule has 0 bridgehead atoms. The van der Waals surface area contributed by atoms with Crippen LogP contribution < -0.4 is 0 Å². The number of rotatable bonds is 4. The van der Waals surface area contributed by atoms with Crippen LogP contribution in [0.25, 0.3) is 10.6 Å². The molecule has 2 aliphatic rings. The Balaban J connectivity index is 1.31.